The number of halogens is 1. The standard InChI is InChI=1S/C15H16BrNO3/c1-19-13-7-6-11(8-12(13)16)17-9-10-4-3-5-14(20-2)15(10)18/h3-8,17-18H,9H2,1-2H3. The van der Waals surface area contributed by atoms with Gasteiger partial charge in [-0.25, -0.2) is 0 Å². The van der Waals surface area contributed by atoms with Crippen LogP contribution >= 0.6 is 15.9 Å². The van der Waals surface area contributed by atoms with Crippen LogP contribution in [0.15, 0.2) is 40.9 Å². The summed E-state index contributed by atoms with van der Waals surface area (Å²) in [5.74, 6) is 1.41. The molecule has 0 spiro atoms. The van der Waals surface area contributed by atoms with E-state index in [1.54, 1.807) is 13.2 Å². The second kappa shape index (κ2) is 6.52. The average molecular weight is 338 g/mol. The molecule has 2 rings (SSSR count). The third kappa shape index (κ3) is 3.17. The lowest BCUT2D eigenvalue weighted by molar-refractivity contribution is 0.371. The largest absolute Gasteiger partial charge is 0.504 e. The molecule has 106 valence electrons. The quantitative estimate of drug-likeness (QED) is 0.871. The molecule has 0 unspecified atom stereocenters. The van der Waals surface area contributed by atoms with Crippen molar-refractivity contribution in [1.29, 1.82) is 0 Å². The Labute approximate surface area is 126 Å². The number of rotatable bonds is 5. The number of hydrogen-bond donors (Lipinski definition) is 2. The van der Waals surface area contributed by atoms with Crippen molar-refractivity contribution in [3.8, 4) is 17.2 Å². The molecule has 0 aliphatic rings. The molecule has 4 nitrogen and oxygen atoms in total. The zero-order valence-electron chi connectivity index (χ0n) is 11.3. The molecule has 0 atom stereocenters. The number of hydrogen-bond acceptors (Lipinski definition) is 4. The first kappa shape index (κ1) is 14.5. The number of benzene rings is 2. The van der Waals surface area contributed by atoms with Crippen molar-refractivity contribution in [2.45, 2.75) is 6.54 Å². The van der Waals surface area contributed by atoms with Gasteiger partial charge in [0.05, 0.1) is 18.7 Å². The Morgan fingerprint density at radius 2 is 1.85 bits per heavy atom. The molecule has 20 heavy (non-hydrogen) atoms. The molecular formula is C15H16BrNO3. The molecule has 0 radical (unpaired) electrons. The van der Waals surface area contributed by atoms with Gasteiger partial charge in [0.1, 0.15) is 5.75 Å². The average Bonchev–Trinajstić information content (AvgIpc) is 2.46. The Morgan fingerprint density at radius 1 is 1.10 bits per heavy atom. The highest BCUT2D eigenvalue weighted by Gasteiger charge is 2.07. The topological polar surface area (TPSA) is 50.7 Å². The Kier molecular flexibility index (Phi) is 4.74. The molecule has 2 aromatic rings. The Hall–Kier alpha value is -1.88. The van der Waals surface area contributed by atoms with E-state index >= 15 is 0 Å². The lowest BCUT2D eigenvalue weighted by Crippen LogP contribution is -2.00. The molecule has 0 fully saturated rings. The van der Waals surface area contributed by atoms with Gasteiger partial charge in [-0.1, -0.05) is 12.1 Å². The third-order valence-electron chi connectivity index (χ3n) is 2.94. The van der Waals surface area contributed by atoms with Gasteiger partial charge in [0.15, 0.2) is 11.5 Å². The van der Waals surface area contributed by atoms with Crippen LogP contribution in [-0.4, -0.2) is 19.3 Å². The Morgan fingerprint density at radius 3 is 2.50 bits per heavy atom. The van der Waals surface area contributed by atoms with Gasteiger partial charge in [0.2, 0.25) is 0 Å². The predicted octanol–water partition coefficient (Wildman–Crippen LogP) is 3.78. The van der Waals surface area contributed by atoms with Crippen molar-refractivity contribution in [3.63, 3.8) is 0 Å². The first-order valence-corrected chi connectivity index (χ1v) is 6.87. The number of nitrogens with one attached hydrogen (secondary N) is 1. The highest BCUT2D eigenvalue weighted by Crippen LogP contribution is 2.31. The summed E-state index contributed by atoms with van der Waals surface area (Å²) in [7, 11) is 3.16. The first-order valence-electron chi connectivity index (χ1n) is 6.08. The highest BCUT2D eigenvalue weighted by atomic mass is 79.9. The molecule has 0 heterocycles. The fourth-order valence-electron chi connectivity index (χ4n) is 1.85. The van der Waals surface area contributed by atoms with E-state index in [1.807, 2.05) is 30.3 Å². The molecule has 0 saturated heterocycles. The SMILES string of the molecule is COc1ccc(NCc2cccc(OC)c2O)cc1Br. The number of anilines is 1. The van der Waals surface area contributed by atoms with E-state index in [4.69, 9.17) is 9.47 Å². The van der Waals surface area contributed by atoms with E-state index in [-0.39, 0.29) is 5.75 Å². The number of phenolic OH excluding ortho intramolecular Hbond substituents is 1. The number of para-hydroxylation sites is 1. The van der Waals surface area contributed by atoms with E-state index < -0.39 is 0 Å². The van der Waals surface area contributed by atoms with Crippen molar-refractivity contribution in [2.24, 2.45) is 0 Å². The number of methoxy groups -OCH3 is 2. The van der Waals surface area contributed by atoms with Crippen LogP contribution in [-0.2, 0) is 6.54 Å². The van der Waals surface area contributed by atoms with Gasteiger partial charge in [0, 0.05) is 17.8 Å². The molecule has 5 heteroatoms. The fraction of sp³-hybridized carbons (Fsp3) is 0.200. The summed E-state index contributed by atoms with van der Waals surface area (Å²) in [5.41, 5.74) is 1.70. The van der Waals surface area contributed by atoms with Crippen molar-refractivity contribution >= 4 is 21.6 Å². The number of aromatic hydroxyl groups is 1. The van der Waals surface area contributed by atoms with Crippen LogP contribution < -0.4 is 14.8 Å². The minimum Gasteiger partial charge on any atom is -0.504 e. The predicted molar refractivity (Wildman–Crippen MR) is 82.7 cm³/mol. The number of ether oxygens (including phenoxy) is 2. The molecule has 0 saturated carbocycles. The second-order valence-corrected chi connectivity index (χ2v) is 5.03. The monoisotopic (exact) mass is 337 g/mol. The summed E-state index contributed by atoms with van der Waals surface area (Å²) in [6, 6.07) is 11.1. The van der Waals surface area contributed by atoms with Gasteiger partial charge in [-0.3, -0.25) is 0 Å². The molecule has 0 amide bonds. The van der Waals surface area contributed by atoms with Gasteiger partial charge in [-0.15, -0.1) is 0 Å². The van der Waals surface area contributed by atoms with E-state index in [0.717, 1.165) is 21.5 Å². The maximum atomic E-state index is 10.0. The van der Waals surface area contributed by atoms with Crippen LogP contribution in [0, 0.1) is 0 Å². The van der Waals surface area contributed by atoms with Gasteiger partial charge >= 0.3 is 0 Å². The second-order valence-electron chi connectivity index (χ2n) is 4.17. The molecule has 0 aliphatic carbocycles. The lowest BCUT2D eigenvalue weighted by Gasteiger charge is -2.11. The van der Waals surface area contributed by atoms with Crippen LogP contribution in [0.3, 0.4) is 0 Å². The van der Waals surface area contributed by atoms with Crippen LogP contribution in [0.4, 0.5) is 5.69 Å². The zero-order valence-corrected chi connectivity index (χ0v) is 12.9. The summed E-state index contributed by atoms with van der Waals surface area (Å²) in [5, 5.41) is 13.3. The van der Waals surface area contributed by atoms with Gasteiger partial charge in [0.25, 0.3) is 0 Å². The summed E-state index contributed by atoms with van der Waals surface area (Å²) < 4.78 is 11.1. The van der Waals surface area contributed by atoms with E-state index in [2.05, 4.69) is 21.2 Å². The van der Waals surface area contributed by atoms with Crippen molar-refractivity contribution < 1.29 is 14.6 Å². The van der Waals surface area contributed by atoms with Crippen molar-refractivity contribution in [3.05, 3.63) is 46.4 Å². The maximum Gasteiger partial charge on any atom is 0.162 e. The van der Waals surface area contributed by atoms with E-state index in [1.165, 1.54) is 7.11 Å². The fourth-order valence-corrected chi connectivity index (χ4v) is 2.39. The first-order chi connectivity index (χ1) is 9.65. The summed E-state index contributed by atoms with van der Waals surface area (Å²) in [4.78, 5) is 0. The zero-order chi connectivity index (χ0) is 14.5. The highest BCUT2D eigenvalue weighted by molar-refractivity contribution is 9.10. The van der Waals surface area contributed by atoms with Crippen LogP contribution in [0.25, 0.3) is 0 Å². The van der Waals surface area contributed by atoms with Crippen molar-refractivity contribution in [1.82, 2.24) is 0 Å². The third-order valence-corrected chi connectivity index (χ3v) is 3.56. The Balaban J connectivity index is 2.11. The maximum absolute atomic E-state index is 10.0. The molecular weight excluding hydrogens is 322 g/mol. The minimum absolute atomic E-state index is 0.162. The Bertz CT molecular complexity index is 602. The molecule has 2 N–H and O–H groups in total. The van der Waals surface area contributed by atoms with E-state index in [9.17, 15) is 5.11 Å². The van der Waals surface area contributed by atoms with Crippen LogP contribution in [0.1, 0.15) is 5.56 Å². The van der Waals surface area contributed by atoms with Crippen LogP contribution in [0.5, 0.6) is 17.2 Å². The van der Waals surface area contributed by atoms with Gasteiger partial charge < -0.3 is 19.9 Å². The summed E-state index contributed by atoms with van der Waals surface area (Å²) >= 11 is 3.44. The number of phenols is 1. The van der Waals surface area contributed by atoms with Crippen LogP contribution in [0.2, 0.25) is 0 Å². The van der Waals surface area contributed by atoms with Gasteiger partial charge in [-0.2, -0.15) is 0 Å². The van der Waals surface area contributed by atoms with Crippen molar-refractivity contribution in [2.75, 3.05) is 19.5 Å². The molecule has 0 aliphatic heterocycles. The smallest absolute Gasteiger partial charge is 0.162 e. The molecule has 0 aromatic heterocycles. The molecule has 0 bridgehead atoms. The molecule has 2 aromatic carbocycles. The summed E-state index contributed by atoms with van der Waals surface area (Å²) in [6.07, 6.45) is 0. The normalized spacial score (nSPS) is 10.2. The summed E-state index contributed by atoms with van der Waals surface area (Å²) in [6.45, 7) is 0.502. The van der Waals surface area contributed by atoms with Gasteiger partial charge in [-0.05, 0) is 40.2 Å². The van der Waals surface area contributed by atoms with E-state index in [0.29, 0.717) is 12.3 Å². The minimum atomic E-state index is 0.162. The lowest BCUT2D eigenvalue weighted by atomic mass is 10.2.